The predicted molar refractivity (Wildman–Crippen MR) is 92.5 cm³/mol. The Labute approximate surface area is 131 Å². The maximum Gasteiger partial charge on any atom is 0.208 e. The SMILES string of the molecule is Cc1ccc2c(c1)c1c(n2C)C=[N+](c2ccccc2C)CC1. The van der Waals surface area contributed by atoms with Crippen LogP contribution in [0.4, 0.5) is 5.69 Å². The van der Waals surface area contributed by atoms with E-state index in [0.29, 0.717) is 0 Å². The van der Waals surface area contributed by atoms with Gasteiger partial charge >= 0.3 is 0 Å². The van der Waals surface area contributed by atoms with Gasteiger partial charge in [0, 0.05) is 36.0 Å². The van der Waals surface area contributed by atoms with Crippen molar-refractivity contribution in [2.75, 3.05) is 6.54 Å². The molecule has 4 rings (SSSR count). The van der Waals surface area contributed by atoms with Gasteiger partial charge in [-0.05, 0) is 31.5 Å². The lowest BCUT2D eigenvalue weighted by Crippen LogP contribution is -2.20. The van der Waals surface area contributed by atoms with Crippen LogP contribution in [0.25, 0.3) is 10.9 Å². The van der Waals surface area contributed by atoms with Crippen molar-refractivity contribution >= 4 is 22.8 Å². The van der Waals surface area contributed by atoms with Crippen LogP contribution in [-0.4, -0.2) is 21.9 Å². The highest BCUT2D eigenvalue weighted by Gasteiger charge is 2.24. The van der Waals surface area contributed by atoms with Crippen LogP contribution in [0.15, 0.2) is 42.5 Å². The first kappa shape index (κ1) is 13.3. The second-order valence-corrected chi connectivity index (χ2v) is 6.30. The molecule has 22 heavy (non-hydrogen) atoms. The summed E-state index contributed by atoms with van der Waals surface area (Å²) in [7, 11) is 2.17. The Kier molecular flexibility index (Phi) is 2.93. The molecular weight excluding hydrogens is 268 g/mol. The molecule has 0 saturated heterocycles. The molecule has 0 saturated carbocycles. The molecule has 0 unspecified atom stereocenters. The third-order valence-corrected chi connectivity index (χ3v) is 4.81. The first-order valence-corrected chi connectivity index (χ1v) is 7.90. The average Bonchev–Trinajstić information content (AvgIpc) is 2.80. The fourth-order valence-electron chi connectivity index (χ4n) is 3.60. The Morgan fingerprint density at radius 2 is 1.86 bits per heavy atom. The lowest BCUT2D eigenvalue weighted by molar-refractivity contribution is -0.436. The molecule has 0 amide bonds. The second-order valence-electron chi connectivity index (χ2n) is 6.30. The van der Waals surface area contributed by atoms with Gasteiger partial charge < -0.3 is 4.57 Å². The van der Waals surface area contributed by atoms with Gasteiger partial charge in [-0.15, -0.1) is 0 Å². The van der Waals surface area contributed by atoms with E-state index in [0.717, 1.165) is 13.0 Å². The van der Waals surface area contributed by atoms with Gasteiger partial charge in [0.25, 0.3) is 0 Å². The van der Waals surface area contributed by atoms with Gasteiger partial charge in [-0.2, -0.15) is 4.58 Å². The van der Waals surface area contributed by atoms with E-state index in [9.17, 15) is 0 Å². The molecule has 0 N–H and O–H groups in total. The monoisotopic (exact) mass is 289 g/mol. The molecule has 3 aromatic rings. The minimum absolute atomic E-state index is 1.05. The molecular formula is C20H21N2+. The van der Waals surface area contributed by atoms with Crippen LogP contribution >= 0.6 is 0 Å². The average molecular weight is 289 g/mol. The molecule has 0 spiro atoms. The van der Waals surface area contributed by atoms with Gasteiger partial charge in [0.1, 0.15) is 5.69 Å². The topological polar surface area (TPSA) is 7.94 Å². The normalized spacial score (nSPS) is 14.0. The zero-order chi connectivity index (χ0) is 15.3. The van der Waals surface area contributed by atoms with E-state index in [2.05, 4.69) is 78.7 Å². The number of rotatable bonds is 1. The summed E-state index contributed by atoms with van der Waals surface area (Å²) in [5, 5.41) is 1.41. The first-order valence-electron chi connectivity index (χ1n) is 7.90. The summed E-state index contributed by atoms with van der Waals surface area (Å²) in [6.45, 7) is 5.40. The first-order chi connectivity index (χ1) is 10.6. The maximum absolute atomic E-state index is 2.39. The van der Waals surface area contributed by atoms with Gasteiger partial charge in [0.15, 0.2) is 12.8 Å². The molecule has 1 aliphatic rings. The summed E-state index contributed by atoms with van der Waals surface area (Å²) in [5.74, 6) is 0. The van der Waals surface area contributed by atoms with Gasteiger partial charge in [-0.3, -0.25) is 0 Å². The summed E-state index contributed by atoms with van der Waals surface area (Å²) < 4.78 is 4.72. The van der Waals surface area contributed by atoms with Gasteiger partial charge in [0.2, 0.25) is 5.69 Å². The minimum atomic E-state index is 1.05. The maximum atomic E-state index is 2.39. The zero-order valence-corrected chi connectivity index (χ0v) is 13.4. The van der Waals surface area contributed by atoms with E-state index < -0.39 is 0 Å². The summed E-state index contributed by atoms with van der Waals surface area (Å²) >= 11 is 0. The summed E-state index contributed by atoms with van der Waals surface area (Å²) in [5.41, 5.74) is 8.15. The molecule has 0 radical (unpaired) electrons. The molecule has 0 atom stereocenters. The highest BCUT2D eigenvalue weighted by molar-refractivity contribution is 5.94. The van der Waals surface area contributed by atoms with Crippen molar-refractivity contribution in [1.29, 1.82) is 0 Å². The van der Waals surface area contributed by atoms with Gasteiger partial charge in [-0.1, -0.05) is 29.8 Å². The number of hydrogen-bond donors (Lipinski definition) is 0. The summed E-state index contributed by atoms with van der Waals surface area (Å²) in [4.78, 5) is 0. The van der Waals surface area contributed by atoms with Crippen molar-refractivity contribution in [3.63, 3.8) is 0 Å². The highest BCUT2D eigenvalue weighted by Crippen LogP contribution is 2.29. The van der Waals surface area contributed by atoms with Crippen LogP contribution in [0.3, 0.4) is 0 Å². The molecule has 110 valence electrons. The molecule has 2 nitrogen and oxygen atoms in total. The van der Waals surface area contributed by atoms with Crippen LogP contribution in [0, 0.1) is 13.8 Å². The van der Waals surface area contributed by atoms with E-state index in [4.69, 9.17) is 0 Å². The number of aryl methyl sites for hydroxylation is 3. The van der Waals surface area contributed by atoms with Crippen LogP contribution in [0.2, 0.25) is 0 Å². The Morgan fingerprint density at radius 1 is 1.05 bits per heavy atom. The van der Waals surface area contributed by atoms with Crippen molar-refractivity contribution in [1.82, 2.24) is 4.57 Å². The van der Waals surface area contributed by atoms with Crippen molar-refractivity contribution in [2.45, 2.75) is 20.3 Å². The summed E-state index contributed by atoms with van der Waals surface area (Å²) in [6, 6.07) is 15.4. The number of aromatic nitrogens is 1. The number of benzene rings is 2. The number of para-hydroxylation sites is 1. The molecule has 2 heterocycles. The highest BCUT2D eigenvalue weighted by atomic mass is 15.0. The Morgan fingerprint density at radius 3 is 2.68 bits per heavy atom. The molecule has 0 aliphatic carbocycles. The van der Waals surface area contributed by atoms with Crippen molar-refractivity contribution < 1.29 is 4.58 Å². The lowest BCUT2D eigenvalue weighted by Gasteiger charge is -2.11. The third-order valence-electron chi connectivity index (χ3n) is 4.81. The number of hydrogen-bond acceptors (Lipinski definition) is 0. The van der Waals surface area contributed by atoms with E-state index in [-0.39, 0.29) is 0 Å². The Bertz CT molecular complexity index is 913. The quantitative estimate of drug-likeness (QED) is 0.596. The molecule has 1 aliphatic heterocycles. The number of fused-ring (bicyclic) bond motifs is 3. The fourth-order valence-corrected chi connectivity index (χ4v) is 3.60. The van der Waals surface area contributed by atoms with Gasteiger partial charge in [-0.25, -0.2) is 0 Å². The molecule has 0 fully saturated rings. The minimum Gasteiger partial charge on any atom is -0.339 e. The van der Waals surface area contributed by atoms with E-state index in [1.807, 2.05) is 0 Å². The van der Waals surface area contributed by atoms with E-state index in [1.54, 1.807) is 0 Å². The molecule has 1 aromatic heterocycles. The van der Waals surface area contributed by atoms with Crippen LogP contribution in [-0.2, 0) is 13.5 Å². The smallest absolute Gasteiger partial charge is 0.208 e. The number of nitrogens with zero attached hydrogens (tertiary/aromatic N) is 2. The standard InChI is InChI=1S/C20H21N2/c1-14-8-9-19-17(12-14)16-10-11-22(13-20(16)21(19)3)18-7-5-4-6-15(18)2/h4-9,12-13H,10-11H2,1-3H3/q+1. The van der Waals surface area contributed by atoms with Crippen molar-refractivity contribution in [3.8, 4) is 0 Å². The fraction of sp³-hybridized carbons (Fsp3) is 0.250. The summed E-state index contributed by atoms with van der Waals surface area (Å²) in [6.07, 6.45) is 3.41. The lowest BCUT2D eigenvalue weighted by atomic mass is 10.0. The van der Waals surface area contributed by atoms with E-state index >= 15 is 0 Å². The molecule has 0 bridgehead atoms. The zero-order valence-electron chi connectivity index (χ0n) is 13.4. The van der Waals surface area contributed by atoms with Gasteiger partial charge in [0.05, 0.1) is 0 Å². The van der Waals surface area contributed by atoms with Crippen molar-refractivity contribution in [2.24, 2.45) is 7.05 Å². The molecule has 2 aromatic carbocycles. The largest absolute Gasteiger partial charge is 0.339 e. The third kappa shape index (κ3) is 1.91. The second kappa shape index (κ2) is 4.84. The van der Waals surface area contributed by atoms with E-state index in [1.165, 1.54) is 39.0 Å². The molecule has 2 heteroatoms. The predicted octanol–water partition coefficient (Wildman–Crippen LogP) is 4.11. The van der Waals surface area contributed by atoms with Crippen molar-refractivity contribution in [3.05, 3.63) is 64.8 Å². The Hall–Kier alpha value is -2.35. The van der Waals surface area contributed by atoms with Crippen LogP contribution in [0.1, 0.15) is 22.4 Å². The van der Waals surface area contributed by atoms with Crippen LogP contribution in [0.5, 0.6) is 0 Å². The van der Waals surface area contributed by atoms with Crippen LogP contribution < -0.4 is 0 Å². The Balaban J connectivity index is 1.94.